The van der Waals surface area contributed by atoms with Crippen LogP contribution in [0.4, 0.5) is 0 Å². The number of hydrogen-bond donors (Lipinski definition) is 1. The molecule has 0 spiro atoms. The van der Waals surface area contributed by atoms with E-state index in [9.17, 15) is 9.59 Å². The first-order valence-electron chi connectivity index (χ1n) is 5.28. The van der Waals surface area contributed by atoms with Crippen LogP contribution in [0.1, 0.15) is 22.8 Å². The molecule has 1 heterocycles. The van der Waals surface area contributed by atoms with Gasteiger partial charge in [-0.25, -0.2) is 0 Å². The Labute approximate surface area is 103 Å². The van der Waals surface area contributed by atoms with Gasteiger partial charge in [-0.15, -0.1) is 0 Å². The molecule has 0 fully saturated rings. The van der Waals surface area contributed by atoms with E-state index in [1.807, 2.05) is 6.07 Å². The molecule has 0 saturated carbocycles. The molecule has 0 aliphatic carbocycles. The van der Waals surface area contributed by atoms with Crippen molar-refractivity contribution in [2.75, 3.05) is 0 Å². The summed E-state index contributed by atoms with van der Waals surface area (Å²) in [5, 5.41) is 18.3. The number of Topliss-reactive ketones (excluding diaryl/α,β-unsaturated/α-hetero) is 1. The number of hydrogen-bond acceptors (Lipinski definition) is 3. The topological polar surface area (TPSA) is 83.1 Å². The van der Waals surface area contributed by atoms with Gasteiger partial charge < -0.3 is 9.67 Å². The van der Waals surface area contributed by atoms with E-state index in [0.717, 1.165) is 0 Å². The Morgan fingerprint density at radius 1 is 1.44 bits per heavy atom. The molecule has 0 bridgehead atoms. The number of ketones is 1. The van der Waals surface area contributed by atoms with Crippen LogP contribution in [0.15, 0.2) is 24.4 Å². The molecule has 90 valence electrons. The number of nitrogens with zero attached hydrogens (tertiary/aromatic N) is 2. The van der Waals surface area contributed by atoms with Gasteiger partial charge in [0.1, 0.15) is 6.54 Å². The molecule has 0 aliphatic heterocycles. The number of benzene rings is 1. The fourth-order valence-corrected chi connectivity index (χ4v) is 1.92. The van der Waals surface area contributed by atoms with Gasteiger partial charge in [0.15, 0.2) is 5.78 Å². The van der Waals surface area contributed by atoms with Gasteiger partial charge in [0, 0.05) is 22.7 Å². The maximum absolute atomic E-state index is 11.5. The SMILES string of the molecule is CC(=O)c1cn(CC(=O)O)c2ccc(C#N)cc12. The van der Waals surface area contributed by atoms with Crippen molar-refractivity contribution in [3.05, 3.63) is 35.5 Å². The van der Waals surface area contributed by atoms with Gasteiger partial charge in [0.25, 0.3) is 0 Å². The lowest BCUT2D eigenvalue weighted by molar-refractivity contribution is -0.137. The Kier molecular flexibility index (Phi) is 2.86. The van der Waals surface area contributed by atoms with E-state index >= 15 is 0 Å². The Bertz CT molecular complexity index is 692. The van der Waals surface area contributed by atoms with Gasteiger partial charge >= 0.3 is 5.97 Å². The lowest BCUT2D eigenvalue weighted by Crippen LogP contribution is -2.07. The third-order valence-electron chi connectivity index (χ3n) is 2.70. The van der Waals surface area contributed by atoms with E-state index in [0.29, 0.717) is 22.0 Å². The molecule has 0 aliphatic rings. The van der Waals surface area contributed by atoms with Crippen LogP contribution in [0.3, 0.4) is 0 Å². The molecule has 0 unspecified atom stereocenters. The summed E-state index contributed by atoms with van der Waals surface area (Å²) in [5.74, 6) is -1.13. The largest absolute Gasteiger partial charge is 0.480 e. The number of carboxylic acids is 1. The molecule has 0 atom stereocenters. The highest BCUT2D eigenvalue weighted by atomic mass is 16.4. The summed E-state index contributed by atoms with van der Waals surface area (Å²) >= 11 is 0. The normalized spacial score (nSPS) is 10.2. The van der Waals surface area contributed by atoms with E-state index in [1.165, 1.54) is 17.7 Å². The van der Waals surface area contributed by atoms with Gasteiger partial charge in [0.2, 0.25) is 0 Å². The smallest absolute Gasteiger partial charge is 0.323 e. The molecule has 2 aromatic rings. The number of fused-ring (bicyclic) bond motifs is 1. The minimum Gasteiger partial charge on any atom is -0.480 e. The minimum absolute atomic E-state index is 0.153. The van der Waals surface area contributed by atoms with Crippen molar-refractivity contribution in [3.8, 4) is 6.07 Å². The molecule has 5 nitrogen and oxygen atoms in total. The highest BCUT2D eigenvalue weighted by molar-refractivity contribution is 6.07. The average molecular weight is 242 g/mol. The second-order valence-electron chi connectivity index (χ2n) is 3.96. The van der Waals surface area contributed by atoms with Crippen LogP contribution in [-0.4, -0.2) is 21.4 Å². The van der Waals surface area contributed by atoms with Gasteiger partial charge in [-0.2, -0.15) is 5.26 Å². The van der Waals surface area contributed by atoms with E-state index in [4.69, 9.17) is 10.4 Å². The number of nitriles is 1. The zero-order valence-electron chi connectivity index (χ0n) is 9.67. The lowest BCUT2D eigenvalue weighted by Gasteiger charge is -2.00. The summed E-state index contributed by atoms with van der Waals surface area (Å²) in [7, 11) is 0. The van der Waals surface area contributed by atoms with Crippen LogP contribution in [0, 0.1) is 11.3 Å². The van der Waals surface area contributed by atoms with Crippen LogP contribution >= 0.6 is 0 Å². The zero-order chi connectivity index (χ0) is 13.3. The van der Waals surface area contributed by atoms with E-state index < -0.39 is 5.97 Å². The molecule has 2 rings (SSSR count). The highest BCUT2D eigenvalue weighted by Gasteiger charge is 2.13. The first kappa shape index (κ1) is 11.9. The van der Waals surface area contributed by atoms with E-state index in [2.05, 4.69) is 0 Å². The van der Waals surface area contributed by atoms with Gasteiger partial charge in [-0.3, -0.25) is 9.59 Å². The third-order valence-corrected chi connectivity index (χ3v) is 2.70. The predicted octanol–water partition coefficient (Wildman–Crippen LogP) is 1.80. The number of rotatable bonds is 3. The number of carbonyl (C=O) groups excluding carboxylic acids is 1. The molecule has 0 amide bonds. The van der Waals surface area contributed by atoms with Crippen molar-refractivity contribution in [1.82, 2.24) is 4.57 Å². The van der Waals surface area contributed by atoms with Crippen molar-refractivity contribution in [2.24, 2.45) is 0 Å². The molecular weight excluding hydrogens is 232 g/mol. The first-order valence-corrected chi connectivity index (χ1v) is 5.28. The Balaban J connectivity index is 2.72. The second kappa shape index (κ2) is 4.34. The molecule has 1 N–H and O–H groups in total. The maximum Gasteiger partial charge on any atom is 0.323 e. The monoisotopic (exact) mass is 242 g/mol. The summed E-state index contributed by atoms with van der Waals surface area (Å²) < 4.78 is 1.50. The predicted molar refractivity (Wildman–Crippen MR) is 64.3 cm³/mol. The summed E-state index contributed by atoms with van der Waals surface area (Å²) in [6.45, 7) is 1.20. The quantitative estimate of drug-likeness (QED) is 0.832. The highest BCUT2D eigenvalue weighted by Crippen LogP contribution is 2.23. The van der Waals surface area contributed by atoms with Crippen LogP contribution in [0.5, 0.6) is 0 Å². The summed E-state index contributed by atoms with van der Waals surface area (Å²) in [4.78, 5) is 22.3. The standard InChI is InChI=1S/C13H10N2O3/c1-8(16)11-6-15(7-13(17)18)12-3-2-9(5-14)4-10(11)12/h2-4,6H,7H2,1H3,(H,17,18). The molecule has 0 radical (unpaired) electrons. The van der Waals surface area contributed by atoms with E-state index in [-0.39, 0.29) is 12.3 Å². The minimum atomic E-state index is -0.980. The average Bonchev–Trinajstić information content (AvgIpc) is 2.66. The third kappa shape index (κ3) is 1.96. The van der Waals surface area contributed by atoms with Crippen molar-refractivity contribution in [2.45, 2.75) is 13.5 Å². The van der Waals surface area contributed by atoms with Gasteiger partial charge in [-0.1, -0.05) is 0 Å². The number of aromatic nitrogens is 1. The molecular formula is C13H10N2O3. The number of carbonyl (C=O) groups is 2. The molecule has 0 saturated heterocycles. The Morgan fingerprint density at radius 2 is 2.17 bits per heavy atom. The van der Waals surface area contributed by atoms with Gasteiger partial charge in [0.05, 0.1) is 11.6 Å². The van der Waals surface area contributed by atoms with Crippen molar-refractivity contribution in [3.63, 3.8) is 0 Å². The van der Waals surface area contributed by atoms with Crippen LogP contribution in [-0.2, 0) is 11.3 Å². The Morgan fingerprint density at radius 3 is 2.72 bits per heavy atom. The molecule has 18 heavy (non-hydrogen) atoms. The van der Waals surface area contributed by atoms with Crippen LogP contribution in [0.2, 0.25) is 0 Å². The summed E-state index contributed by atoms with van der Waals surface area (Å²) in [6, 6.07) is 6.86. The molecule has 1 aromatic carbocycles. The summed E-state index contributed by atoms with van der Waals surface area (Å²) in [5.41, 5.74) is 1.52. The number of carboxylic acid groups (broad SMARTS) is 1. The lowest BCUT2D eigenvalue weighted by atomic mass is 10.1. The molecule has 5 heteroatoms. The number of aliphatic carboxylic acids is 1. The second-order valence-corrected chi connectivity index (χ2v) is 3.96. The fourth-order valence-electron chi connectivity index (χ4n) is 1.92. The fraction of sp³-hybridized carbons (Fsp3) is 0.154. The van der Waals surface area contributed by atoms with Crippen molar-refractivity contribution >= 4 is 22.7 Å². The maximum atomic E-state index is 11.5. The first-order chi connectivity index (χ1) is 8.52. The van der Waals surface area contributed by atoms with Gasteiger partial charge in [-0.05, 0) is 25.1 Å². The van der Waals surface area contributed by atoms with Crippen molar-refractivity contribution in [1.29, 1.82) is 5.26 Å². The van der Waals surface area contributed by atoms with Crippen LogP contribution in [0.25, 0.3) is 10.9 Å². The molecule has 1 aromatic heterocycles. The van der Waals surface area contributed by atoms with Crippen LogP contribution < -0.4 is 0 Å². The Hall–Kier alpha value is -2.61. The van der Waals surface area contributed by atoms with E-state index in [1.54, 1.807) is 18.2 Å². The summed E-state index contributed by atoms with van der Waals surface area (Å²) in [6.07, 6.45) is 1.52. The van der Waals surface area contributed by atoms with Crippen molar-refractivity contribution < 1.29 is 14.7 Å². The zero-order valence-corrected chi connectivity index (χ0v) is 9.67.